The van der Waals surface area contributed by atoms with Crippen molar-refractivity contribution in [3.8, 4) is 5.75 Å². The van der Waals surface area contributed by atoms with E-state index in [4.69, 9.17) is 9.15 Å². The Morgan fingerprint density at radius 1 is 1.15 bits per heavy atom. The van der Waals surface area contributed by atoms with E-state index in [9.17, 15) is 14.7 Å². The smallest absolute Gasteiger partial charge is 0.311 e. The average Bonchev–Trinajstić information content (AvgIpc) is 3.27. The van der Waals surface area contributed by atoms with Crippen molar-refractivity contribution in [2.24, 2.45) is 0 Å². The van der Waals surface area contributed by atoms with Crippen LogP contribution in [-0.2, 0) is 28.8 Å². The van der Waals surface area contributed by atoms with Crippen LogP contribution in [0, 0.1) is 0 Å². The Labute approximate surface area is 156 Å². The molecular weight excluding hydrogens is 344 g/mol. The summed E-state index contributed by atoms with van der Waals surface area (Å²) in [5.74, 6) is -0.590. The summed E-state index contributed by atoms with van der Waals surface area (Å²) in [5, 5.41) is 10.2. The number of fused-ring (bicyclic) bond motifs is 2. The van der Waals surface area contributed by atoms with Gasteiger partial charge in [-0.1, -0.05) is 12.1 Å². The number of phenolic OH excluding ortho intramolecular Hbond substituents is 1. The van der Waals surface area contributed by atoms with E-state index in [1.54, 1.807) is 13.0 Å². The summed E-state index contributed by atoms with van der Waals surface area (Å²) in [4.78, 5) is 24.9. The van der Waals surface area contributed by atoms with Crippen molar-refractivity contribution in [2.45, 2.75) is 38.7 Å². The standard InChI is InChI=1S/C22H20O5/c1-13(22(25)16-6-5-14-3-2-4-15(14)9-16)27-21(24)10-17-12-26-20-11-18(23)7-8-19(17)20/h5-9,11-13,23H,2-4,10H2,1H3/t13-/m0/s1. The van der Waals surface area contributed by atoms with Crippen LogP contribution in [0.3, 0.4) is 0 Å². The molecule has 0 bridgehead atoms. The summed E-state index contributed by atoms with van der Waals surface area (Å²) in [6, 6.07) is 10.4. The van der Waals surface area contributed by atoms with E-state index in [1.807, 2.05) is 18.2 Å². The number of hydrogen-bond donors (Lipinski definition) is 1. The van der Waals surface area contributed by atoms with Crippen molar-refractivity contribution < 1.29 is 23.8 Å². The fourth-order valence-corrected chi connectivity index (χ4v) is 3.62. The second-order valence-corrected chi connectivity index (χ2v) is 6.95. The van der Waals surface area contributed by atoms with Crippen LogP contribution in [0.25, 0.3) is 11.0 Å². The molecule has 0 fully saturated rings. The van der Waals surface area contributed by atoms with E-state index in [-0.39, 0.29) is 18.0 Å². The Morgan fingerprint density at radius 2 is 1.96 bits per heavy atom. The molecule has 1 aliphatic rings. The molecule has 3 aromatic rings. The van der Waals surface area contributed by atoms with Crippen molar-refractivity contribution in [2.75, 3.05) is 0 Å². The van der Waals surface area contributed by atoms with Gasteiger partial charge < -0.3 is 14.3 Å². The van der Waals surface area contributed by atoms with Crippen LogP contribution in [0.5, 0.6) is 5.75 Å². The zero-order chi connectivity index (χ0) is 19.0. The first-order chi connectivity index (χ1) is 13.0. The normalized spacial score (nSPS) is 14.1. The highest BCUT2D eigenvalue weighted by molar-refractivity contribution is 6.00. The number of esters is 1. The molecule has 0 spiro atoms. The van der Waals surface area contributed by atoms with Crippen LogP contribution in [-0.4, -0.2) is 23.0 Å². The minimum Gasteiger partial charge on any atom is -0.508 e. The third-order valence-corrected chi connectivity index (χ3v) is 5.03. The van der Waals surface area contributed by atoms with Crippen LogP contribution >= 0.6 is 0 Å². The van der Waals surface area contributed by atoms with E-state index in [1.165, 1.54) is 29.5 Å². The Kier molecular flexibility index (Phi) is 4.44. The summed E-state index contributed by atoms with van der Waals surface area (Å²) in [6.45, 7) is 1.60. The van der Waals surface area contributed by atoms with E-state index < -0.39 is 12.1 Å². The van der Waals surface area contributed by atoms with Gasteiger partial charge in [0.05, 0.1) is 12.7 Å². The molecule has 1 aliphatic carbocycles. The van der Waals surface area contributed by atoms with Crippen LogP contribution in [0.2, 0.25) is 0 Å². The second-order valence-electron chi connectivity index (χ2n) is 6.95. The lowest BCUT2D eigenvalue weighted by molar-refractivity contribution is -0.145. The highest BCUT2D eigenvalue weighted by Gasteiger charge is 2.22. The molecule has 1 heterocycles. The lowest BCUT2D eigenvalue weighted by Gasteiger charge is -2.13. The third-order valence-electron chi connectivity index (χ3n) is 5.03. The number of carbonyl (C=O) groups excluding carboxylic acids is 2. The van der Waals surface area contributed by atoms with Gasteiger partial charge in [0.15, 0.2) is 6.10 Å². The SMILES string of the molecule is C[C@H](OC(=O)Cc1coc2cc(O)ccc12)C(=O)c1ccc2c(c1)CCC2. The van der Waals surface area contributed by atoms with Gasteiger partial charge in [-0.25, -0.2) is 0 Å². The predicted molar refractivity (Wildman–Crippen MR) is 99.9 cm³/mol. The first-order valence-electron chi connectivity index (χ1n) is 9.06. The second kappa shape index (κ2) is 6.91. The molecule has 0 aliphatic heterocycles. The average molecular weight is 364 g/mol. The predicted octanol–water partition coefficient (Wildman–Crippen LogP) is 3.98. The summed E-state index contributed by atoms with van der Waals surface area (Å²) in [5.41, 5.74) is 4.26. The van der Waals surface area contributed by atoms with Gasteiger partial charge >= 0.3 is 5.97 Å². The Morgan fingerprint density at radius 3 is 2.81 bits per heavy atom. The van der Waals surface area contributed by atoms with Gasteiger partial charge in [0.2, 0.25) is 5.78 Å². The molecule has 5 heteroatoms. The number of rotatable bonds is 5. The summed E-state index contributed by atoms with van der Waals surface area (Å²) < 4.78 is 10.7. The number of ether oxygens (including phenoxy) is 1. The molecule has 0 saturated carbocycles. The maximum atomic E-state index is 12.6. The van der Waals surface area contributed by atoms with Crippen molar-refractivity contribution in [1.29, 1.82) is 0 Å². The van der Waals surface area contributed by atoms with E-state index in [0.717, 1.165) is 24.6 Å². The maximum absolute atomic E-state index is 12.6. The molecule has 0 saturated heterocycles. The number of ketones is 1. The summed E-state index contributed by atoms with van der Waals surface area (Å²) >= 11 is 0. The summed E-state index contributed by atoms with van der Waals surface area (Å²) in [6.07, 6.45) is 3.80. The van der Waals surface area contributed by atoms with E-state index >= 15 is 0 Å². The Hall–Kier alpha value is -3.08. The highest BCUT2D eigenvalue weighted by atomic mass is 16.5. The van der Waals surface area contributed by atoms with Crippen molar-refractivity contribution in [1.82, 2.24) is 0 Å². The number of benzene rings is 2. The first-order valence-corrected chi connectivity index (χ1v) is 9.06. The molecule has 4 rings (SSSR count). The minimum atomic E-state index is -0.848. The largest absolute Gasteiger partial charge is 0.508 e. The number of aryl methyl sites for hydroxylation is 2. The lowest BCUT2D eigenvalue weighted by atomic mass is 10.0. The minimum absolute atomic E-state index is 0.000414. The van der Waals surface area contributed by atoms with Gasteiger partial charge in [-0.3, -0.25) is 9.59 Å². The molecule has 0 amide bonds. The molecule has 1 atom stereocenters. The van der Waals surface area contributed by atoms with Crippen LogP contribution in [0.15, 0.2) is 47.1 Å². The molecule has 0 radical (unpaired) electrons. The molecule has 0 unspecified atom stereocenters. The zero-order valence-electron chi connectivity index (χ0n) is 15.0. The van der Waals surface area contributed by atoms with Gasteiger partial charge in [-0.15, -0.1) is 0 Å². The van der Waals surface area contributed by atoms with Gasteiger partial charge in [0.25, 0.3) is 0 Å². The van der Waals surface area contributed by atoms with E-state index in [2.05, 4.69) is 0 Å². The molecule has 1 N–H and O–H groups in total. The molecule has 1 aromatic heterocycles. The molecular formula is C22H20O5. The lowest BCUT2D eigenvalue weighted by Crippen LogP contribution is -2.25. The highest BCUT2D eigenvalue weighted by Crippen LogP contribution is 2.26. The van der Waals surface area contributed by atoms with Crippen LogP contribution in [0.1, 0.15) is 40.4 Å². The molecule has 27 heavy (non-hydrogen) atoms. The molecule has 2 aromatic carbocycles. The number of Topliss-reactive ketones (excluding diaryl/α,β-unsaturated/α-hetero) is 1. The third kappa shape index (κ3) is 3.45. The van der Waals surface area contributed by atoms with Gasteiger partial charge in [0.1, 0.15) is 11.3 Å². The number of furan rings is 1. The number of hydrogen-bond acceptors (Lipinski definition) is 5. The van der Waals surface area contributed by atoms with Crippen molar-refractivity contribution >= 4 is 22.7 Å². The number of phenols is 1. The fraction of sp³-hybridized carbons (Fsp3) is 0.273. The Bertz CT molecular complexity index is 1030. The fourth-order valence-electron chi connectivity index (χ4n) is 3.62. The quantitative estimate of drug-likeness (QED) is 0.547. The van der Waals surface area contributed by atoms with Gasteiger partial charge in [0, 0.05) is 22.6 Å². The molecule has 5 nitrogen and oxygen atoms in total. The van der Waals surface area contributed by atoms with E-state index in [0.29, 0.717) is 16.7 Å². The topological polar surface area (TPSA) is 76.7 Å². The van der Waals surface area contributed by atoms with Crippen molar-refractivity contribution in [3.05, 3.63) is 64.9 Å². The monoisotopic (exact) mass is 364 g/mol. The Balaban J connectivity index is 1.43. The van der Waals surface area contributed by atoms with Gasteiger partial charge in [-0.2, -0.15) is 0 Å². The summed E-state index contributed by atoms with van der Waals surface area (Å²) in [7, 11) is 0. The van der Waals surface area contributed by atoms with Crippen LogP contribution in [0.4, 0.5) is 0 Å². The molecule has 138 valence electrons. The number of carbonyl (C=O) groups is 2. The first kappa shape index (κ1) is 17.3. The maximum Gasteiger partial charge on any atom is 0.311 e. The number of aromatic hydroxyl groups is 1. The van der Waals surface area contributed by atoms with Crippen LogP contribution < -0.4 is 0 Å². The van der Waals surface area contributed by atoms with Gasteiger partial charge in [-0.05, 0) is 55.5 Å². The zero-order valence-corrected chi connectivity index (χ0v) is 15.0. The van der Waals surface area contributed by atoms with Crippen molar-refractivity contribution in [3.63, 3.8) is 0 Å².